The van der Waals surface area contributed by atoms with E-state index in [1.807, 2.05) is 19.1 Å². The summed E-state index contributed by atoms with van der Waals surface area (Å²) in [6, 6.07) is 4.78. The minimum absolute atomic E-state index is 0.211. The van der Waals surface area contributed by atoms with Crippen molar-refractivity contribution in [1.29, 1.82) is 0 Å². The lowest BCUT2D eigenvalue weighted by Crippen LogP contribution is -1.90. The molecule has 0 unspecified atom stereocenters. The minimum atomic E-state index is -0.211. The van der Waals surface area contributed by atoms with E-state index in [-0.39, 0.29) is 5.82 Å². The molecule has 13 heavy (non-hydrogen) atoms. The lowest BCUT2D eigenvalue weighted by Gasteiger charge is -2.02. The van der Waals surface area contributed by atoms with Crippen LogP contribution < -0.4 is 0 Å². The molecule has 0 bridgehead atoms. The Morgan fingerprint density at radius 3 is 2.85 bits per heavy atom. The van der Waals surface area contributed by atoms with E-state index in [0.29, 0.717) is 17.0 Å². The first-order chi connectivity index (χ1) is 6.25. The molecule has 0 saturated heterocycles. The van der Waals surface area contributed by atoms with Crippen molar-refractivity contribution >= 4 is 11.6 Å². The predicted molar refractivity (Wildman–Crippen MR) is 54.5 cm³/mol. The van der Waals surface area contributed by atoms with Gasteiger partial charge in [0, 0.05) is 10.6 Å². The molecule has 0 nitrogen and oxygen atoms in total. The van der Waals surface area contributed by atoms with Crippen molar-refractivity contribution in [2.24, 2.45) is 0 Å². The van der Waals surface area contributed by atoms with Gasteiger partial charge in [-0.05, 0) is 31.9 Å². The van der Waals surface area contributed by atoms with Crippen LogP contribution in [0.1, 0.15) is 18.9 Å². The zero-order valence-electron chi connectivity index (χ0n) is 7.56. The minimum Gasteiger partial charge on any atom is -0.207 e. The van der Waals surface area contributed by atoms with E-state index in [2.05, 4.69) is 0 Å². The molecule has 0 aliphatic rings. The first-order valence-corrected chi connectivity index (χ1v) is 4.67. The second kappa shape index (κ2) is 5.03. The van der Waals surface area contributed by atoms with Crippen LogP contribution in [0.25, 0.3) is 0 Å². The largest absolute Gasteiger partial charge is 0.207 e. The van der Waals surface area contributed by atoms with Gasteiger partial charge in [0.05, 0.1) is 0 Å². The Morgan fingerprint density at radius 2 is 2.23 bits per heavy atom. The van der Waals surface area contributed by atoms with Crippen LogP contribution in [0, 0.1) is 5.82 Å². The van der Waals surface area contributed by atoms with Gasteiger partial charge in [-0.1, -0.05) is 29.8 Å². The zero-order chi connectivity index (χ0) is 9.68. The van der Waals surface area contributed by atoms with Crippen molar-refractivity contribution in [3.05, 3.63) is 46.8 Å². The van der Waals surface area contributed by atoms with E-state index < -0.39 is 0 Å². The summed E-state index contributed by atoms with van der Waals surface area (Å²) in [5, 5.41) is 0.518. The van der Waals surface area contributed by atoms with E-state index in [4.69, 9.17) is 11.6 Å². The topological polar surface area (TPSA) is 0 Å². The summed E-state index contributed by atoms with van der Waals surface area (Å²) in [6.07, 6.45) is 5.45. The molecular weight excluding hydrogens is 187 g/mol. The number of allylic oxidation sites excluding steroid dienone is 2. The number of hydrogen-bond donors (Lipinski definition) is 0. The number of rotatable bonds is 3. The number of hydrogen-bond acceptors (Lipinski definition) is 0. The van der Waals surface area contributed by atoms with Gasteiger partial charge in [-0.2, -0.15) is 0 Å². The van der Waals surface area contributed by atoms with Gasteiger partial charge in [-0.15, -0.1) is 0 Å². The zero-order valence-corrected chi connectivity index (χ0v) is 8.31. The van der Waals surface area contributed by atoms with Crippen LogP contribution in [0.2, 0.25) is 5.02 Å². The van der Waals surface area contributed by atoms with Crippen LogP contribution in [0.4, 0.5) is 4.39 Å². The lowest BCUT2D eigenvalue weighted by molar-refractivity contribution is 0.609. The molecule has 70 valence electrons. The monoisotopic (exact) mass is 198 g/mol. The summed E-state index contributed by atoms with van der Waals surface area (Å²) in [5.41, 5.74) is 0.613. The molecule has 0 aliphatic heterocycles. The van der Waals surface area contributed by atoms with Crippen molar-refractivity contribution in [2.75, 3.05) is 0 Å². The van der Waals surface area contributed by atoms with E-state index in [1.165, 1.54) is 6.07 Å². The summed E-state index contributed by atoms with van der Waals surface area (Å²) < 4.78 is 13.2. The summed E-state index contributed by atoms with van der Waals surface area (Å²) in [6.45, 7) is 1.95. The standard InChI is InChI=1S/C11H12ClF/c1-2-3-4-6-9-10(12)7-5-8-11(9)13/h2-3,5,7-8H,4,6H2,1H3/b3-2-. The second-order valence-electron chi connectivity index (χ2n) is 2.81. The van der Waals surface area contributed by atoms with Crippen LogP contribution in [-0.2, 0) is 6.42 Å². The highest BCUT2D eigenvalue weighted by atomic mass is 35.5. The van der Waals surface area contributed by atoms with Crippen molar-refractivity contribution in [2.45, 2.75) is 19.8 Å². The fourth-order valence-electron chi connectivity index (χ4n) is 1.17. The summed E-state index contributed by atoms with van der Waals surface area (Å²) in [5.74, 6) is -0.211. The average molecular weight is 199 g/mol. The van der Waals surface area contributed by atoms with Gasteiger partial charge in [0.1, 0.15) is 5.82 Å². The average Bonchev–Trinajstić information content (AvgIpc) is 2.10. The van der Waals surface area contributed by atoms with Gasteiger partial charge in [0.15, 0.2) is 0 Å². The molecule has 0 atom stereocenters. The Morgan fingerprint density at radius 1 is 1.46 bits per heavy atom. The quantitative estimate of drug-likeness (QED) is 0.645. The molecule has 0 radical (unpaired) electrons. The molecular formula is C11H12ClF. The second-order valence-corrected chi connectivity index (χ2v) is 3.22. The lowest BCUT2D eigenvalue weighted by atomic mass is 10.1. The third-order valence-corrected chi connectivity index (χ3v) is 2.21. The molecule has 0 N–H and O–H groups in total. The SMILES string of the molecule is C/C=C\CCc1c(F)cccc1Cl. The molecule has 0 fully saturated rings. The molecule has 0 spiro atoms. The molecule has 1 aromatic carbocycles. The Kier molecular flexibility index (Phi) is 3.97. The van der Waals surface area contributed by atoms with Crippen molar-refractivity contribution in [3.8, 4) is 0 Å². The Hall–Kier alpha value is -0.820. The first-order valence-electron chi connectivity index (χ1n) is 4.29. The normalized spacial score (nSPS) is 11.0. The molecule has 0 heterocycles. The smallest absolute Gasteiger partial charge is 0.127 e. The summed E-state index contributed by atoms with van der Waals surface area (Å²) in [7, 11) is 0. The van der Waals surface area contributed by atoms with Crippen molar-refractivity contribution < 1.29 is 4.39 Å². The predicted octanol–water partition coefficient (Wildman–Crippen LogP) is 3.99. The van der Waals surface area contributed by atoms with Gasteiger partial charge in [-0.25, -0.2) is 4.39 Å². The molecule has 0 saturated carbocycles. The highest BCUT2D eigenvalue weighted by Crippen LogP contribution is 2.20. The van der Waals surface area contributed by atoms with Gasteiger partial charge < -0.3 is 0 Å². The van der Waals surface area contributed by atoms with Gasteiger partial charge in [0.2, 0.25) is 0 Å². The maximum atomic E-state index is 13.2. The Bertz CT molecular complexity index is 285. The fourth-order valence-corrected chi connectivity index (χ4v) is 1.42. The third kappa shape index (κ3) is 2.85. The molecule has 0 amide bonds. The Balaban J connectivity index is 2.75. The Labute approximate surface area is 83.0 Å². The van der Waals surface area contributed by atoms with E-state index >= 15 is 0 Å². The van der Waals surface area contributed by atoms with Gasteiger partial charge in [0.25, 0.3) is 0 Å². The summed E-state index contributed by atoms with van der Waals surface area (Å²) >= 11 is 5.84. The molecule has 1 rings (SSSR count). The first kappa shape index (κ1) is 10.3. The molecule has 0 aliphatic carbocycles. The molecule has 0 aromatic heterocycles. The van der Waals surface area contributed by atoms with Crippen molar-refractivity contribution in [3.63, 3.8) is 0 Å². The van der Waals surface area contributed by atoms with Crippen LogP contribution in [0.5, 0.6) is 0 Å². The van der Waals surface area contributed by atoms with Gasteiger partial charge >= 0.3 is 0 Å². The number of benzene rings is 1. The highest BCUT2D eigenvalue weighted by molar-refractivity contribution is 6.31. The number of halogens is 2. The van der Waals surface area contributed by atoms with Gasteiger partial charge in [-0.3, -0.25) is 0 Å². The maximum absolute atomic E-state index is 13.2. The third-order valence-electron chi connectivity index (χ3n) is 1.86. The van der Waals surface area contributed by atoms with E-state index in [1.54, 1.807) is 12.1 Å². The maximum Gasteiger partial charge on any atom is 0.127 e. The van der Waals surface area contributed by atoms with Crippen LogP contribution in [-0.4, -0.2) is 0 Å². The summed E-state index contributed by atoms with van der Waals surface area (Å²) in [4.78, 5) is 0. The highest BCUT2D eigenvalue weighted by Gasteiger charge is 2.04. The molecule has 2 heteroatoms. The fraction of sp³-hybridized carbons (Fsp3) is 0.273. The van der Waals surface area contributed by atoms with Crippen LogP contribution in [0.3, 0.4) is 0 Å². The van der Waals surface area contributed by atoms with Crippen molar-refractivity contribution in [1.82, 2.24) is 0 Å². The van der Waals surface area contributed by atoms with E-state index in [0.717, 1.165) is 6.42 Å². The van der Waals surface area contributed by atoms with E-state index in [9.17, 15) is 4.39 Å². The van der Waals surface area contributed by atoms with Crippen LogP contribution in [0.15, 0.2) is 30.4 Å². The molecule has 1 aromatic rings. The van der Waals surface area contributed by atoms with Crippen LogP contribution >= 0.6 is 11.6 Å².